The van der Waals surface area contributed by atoms with Crippen LogP contribution in [0.3, 0.4) is 0 Å². The van der Waals surface area contributed by atoms with Gasteiger partial charge in [-0.3, -0.25) is 0 Å². The van der Waals surface area contributed by atoms with E-state index in [-0.39, 0.29) is 17.7 Å². The van der Waals surface area contributed by atoms with Crippen molar-refractivity contribution in [1.29, 1.82) is 0 Å². The molecule has 34 heavy (non-hydrogen) atoms. The number of hydrogen-bond acceptors (Lipinski definition) is 3. The van der Waals surface area contributed by atoms with Gasteiger partial charge in [-0.15, -0.1) is 0 Å². The van der Waals surface area contributed by atoms with Gasteiger partial charge in [0.15, 0.2) is 0 Å². The fourth-order valence-electron chi connectivity index (χ4n) is 3.58. The lowest BCUT2D eigenvalue weighted by molar-refractivity contribution is -0.138. The Bertz CT molecular complexity index is 902. The van der Waals surface area contributed by atoms with Crippen LogP contribution in [0.15, 0.2) is 48.5 Å². The van der Waals surface area contributed by atoms with E-state index in [1.54, 1.807) is 31.2 Å². The SMILES string of the molecule is CCCCCCCCCCOc1ccc(/C=C(/C(=O)OCC)c2cccc(C(F)(F)F)c2)cc1. The van der Waals surface area contributed by atoms with Gasteiger partial charge in [-0.05, 0) is 54.8 Å². The number of halogens is 3. The summed E-state index contributed by atoms with van der Waals surface area (Å²) in [4.78, 5) is 12.5. The first-order valence-corrected chi connectivity index (χ1v) is 12.1. The third-order valence-electron chi connectivity index (χ3n) is 5.45. The van der Waals surface area contributed by atoms with Gasteiger partial charge in [0, 0.05) is 0 Å². The van der Waals surface area contributed by atoms with E-state index in [1.807, 2.05) is 0 Å². The van der Waals surface area contributed by atoms with Crippen molar-refractivity contribution in [3.8, 4) is 5.75 Å². The molecule has 186 valence electrons. The van der Waals surface area contributed by atoms with Crippen LogP contribution in [0.5, 0.6) is 5.75 Å². The van der Waals surface area contributed by atoms with Crippen molar-refractivity contribution in [2.24, 2.45) is 0 Å². The van der Waals surface area contributed by atoms with Gasteiger partial charge in [-0.2, -0.15) is 13.2 Å². The van der Waals surface area contributed by atoms with E-state index in [0.717, 1.165) is 30.7 Å². The third-order valence-corrected chi connectivity index (χ3v) is 5.45. The lowest BCUT2D eigenvalue weighted by Gasteiger charge is -2.11. The molecule has 3 nitrogen and oxygen atoms in total. The van der Waals surface area contributed by atoms with E-state index in [1.165, 1.54) is 56.7 Å². The molecule has 0 saturated carbocycles. The molecule has 0 atom stereocenters. The van der Waals surface area contributed by atoms with Crippen molar-refractivity contribution in [1.82, 2.24) is 0 Å². The van der Waals surface area contributed by atoms with Crippen LogP contribution in [0.1, 0.15) is 81.9 Å². The van der Waals surface area contributed by atoms with Gasteiger partial charge in [0.2, 0.25) is 0 Å². The van der Waals surface area contributed by atoms with Gasteiger partial charge < -0.3 is 9.47 Å². The molecule has 2 aromatic carbocycles. The van der Waals surface area contributed by atoms with Crippen molar-refractivity contribution in [3.63, 3.8) is 0 Å². The maximum absolute atomic E-state index is 13.1. The summed E-state index contributed by atoms with van der Waals surface area (Å²) in [6.45, 7) is 4.64. The zero-order valence-corrected chi connectivity index (χ0v) is 20.1. The average Bonchev–Trinajstić information content (AvgIpc) is 2.82. The first-order chi connectivity index (χ1) is 16.3. The minimum absolute atomic E-state index is 0.0700. The van der Waals surface area contributed by atoms with Crippen LogP contribution < -0.4 is 4.74 Å². The molecule has 0 unspecified atom stereocenters. The summed E-state index contributed by atoms with van der Waals surface area (Å²) in [6, 6.07) is 11.8. The summed E-state index contributed by atoms with van der Waals surface area (Å²) in [5, 5.41) is 0. The Morgan fingerprint density at radius 3 is 2.15 bits per heavy atom. The van der Waals surface area contributed by atoms with Gasteiger partial charge in [0.05, 0.1) is 24.4 Å². The summed E-state index contributed by atoms with van der Waals surface area (Å²) in [5.74, 6) is 0.0497. The minimum atomic E-state index is -4.50. The maximum Gasteiger partial charge on any atom is 0.416 e. The van der Waals surface area contributed by atoms with Crippen LogP contribution in [0, 0.1) is 0 Å². The first kappa shape index (κ1) is 27.5. The first-order valence-electron chi connectivity index (χ1n) is 12.1. The molecule has 2 rings (SSSR count). The molecule has 0 aliphatic heterocycles. The van der Waals surface area contributed by atoms with E-state index in [4.69, 9.17) is 9.47 Å². The van der Waals surface area contributed by atoms with Gasteiger partial charge in [-0.1, -0.05) is 76.1 Å². The number of esters is 1. The molecule has 0 aliphatic rings. The predicted octanol–water partition coefficient (Wildman–Crippen LogP) is 8.33. The van der Waals surface area contributed by atoms with Crippen LogP contribution in [-0.2, 0) is 15.7 Å². The topological polar surface area (TPSA) is 35.5 Å². The van der Waals surface area contributed by atoms with Crippen molar-refractivity contribution in [2.75, 3.05) is 13.2 Å². The predicted molar refractivity (Wildman–Crippen MR) is 130 cm³/mol. The number of hydrogen-bond donors (Lipinski definition) is 0. The van der Waals surface area contributed by atoms with E-state index < -0.39 is 17.7 Å². The number of rotatable bonds is 14. The van der Waals surface area contributed by atoms with Crippen LogP contribution in [0.4, 0.5) is 13.2 Å². The maximum atomic E-state index is 13.1. The van der Waals surface area contributed by atoms with Crippen molar-refractivity contribution >= 4 is 17.6 Å². The van der Waals surface area contributed by atoms with Crippen LogP contribution in [0.2, 0.25) is 0 Å². The molecule has 0 fully saturated rings. The lowest BCUT2D eigenvalue weighted by atomic mass is 10.0. The van der Waals surface area contributed by atoms with E-state index in [0.29, 0.717) is 12.2 Å². The Kier molecular flexibility index (Phi) is 11.7. The van der Waals surface area contributed by atoms with Crippen LogP contribution >= 0.6 is 0 Å². The van der Waals surface area contributed by atoms with Crippen LogP contribution in [-0.4, -0.2) is 19.2 Å². The quantitative estimate of drug-likeness (QED) is 0.119. The third kappa shape index (κ3) is 9.62. The summed E-state index contributed by atoms with van der Waals surface area (Å²) < 4.78 is 50.3. The molecule has 2 aromatic rings. The average molecular weight is 477 g/mol. The number of ether oxygens (including phenoxy) is 2. The standard InChI is InChI=1S/C28H35F3O3/c1-3-5-6-7-8-9-10-11-19-34-25-17-15-22(16-18-25)20-26(27(32)33-4-2)23-13-12-14-24(21-23)28(29,30)31/h12-18,20-21H,3-11,19H2,1-2H3/b26-20+. The summed E-state index contributed by atoms with van der Waals surface area (Å²) >= 11 is 0. The second kappa shape index (κ2) is 14.5. The van der Waals surface area contributed by atoms with Gasteiger partial charge >= 0.3 is 12.1 Å². The fraction of sp³-hybridized carbons (Fsp3) is 0.464. The fourth-order valence-corrected chi connectivity index (χ4v) is 3.58. The molecule has 0 spiro atoms. The Balaban J connectivity index is 1.99. The minimum Gasteiger partial charge on any atom is -0.494 e. The highest BCUT2D eigenvalue weighted by atomic mass is 19.4. The van der Waals surface area contributed by atoms with Gasteiger partial charge in [0.1, 0.15) is 5.75 Å². The molecule has 0 saturated heterocycles. The molecule has 6 heteroatoms. The molecule has 0 aromatic heterocycles. The Labute approximate surface area is 201 Å². The van der Waals surface area contributed by atoms with E-state index >= 15 is 0 Å². The van der Waals surface area contributed by atoms with E-state index in [9.17, 15) is 18.0 Å². The molecule has 0 N–H and O–H groups in total. The largest absolute Gasteiger partial charge is 0.494 e. The number of carbonyl (C=O) groups is 1. The molecule has 0 bridgehead atoms. The van der Waals surface area contributed by atoms with Crippen molar-refractivity contribution in [3.05, 3.63) is 65.2 Å². The Hall–Kier alpha value is -2.76. The molecule has 0 aliphatic carbocycles. The zero-order chi connectivity index (χ0) is 24.8. The number of alkyl halides is 3. The smallest absolute Gasteiger partial charge is 0.416 e. The van der Waals surface area contributed by atoms with Gasteiger partial charge in [-0.25, -0.2) is 4.79 Å². The van der Waals surface area contributed by atoms with Crippen molar-refractivity contribution in [2.45, 2.75) is 71.4 Å². The number of carbonyl (C=O) groups excluding carboxylic acids is 1. The molecule has 0 radical (unpaired) electrons. The Morgan fingerprint density at radius 1 is 0.882 bits per heavy atom. The molecule has 0 heterocycles. The summed E-state index contributed by atoms with van der Waals surface area (Å²) in [6.07, 6.45) is 6.88. The highest BCUT2D eigenvalue weighted by Crippen LogP contribution is 2.32. The number of benzene rings is 2. The second-order valence-corrected chi connectivity index (χ2v) is 8.25. The lowest BCUT2D eigenvalue weighted by Crippen LogP contribution is -2.09. The second-order valence-electron chi connectivity index (χ2n) is 8.25. The van der Waals surface area contributed by atoms with E-state index in [2.05, 4.69) is 6.92 Å². The monoisotopic (exact) mass is 476 g/mol. The van der Waals surface area contributed by atoms with Crippen LogP contribution in [0.25, 0.3) is 11.6 Å². The highest BCUT2D eigenvalue weighted by molar-refractivity contribution is 6.21. The molecular formula is C28H35F3O3. The Morgan fingerprint density at radius 2 is 1.53 bits per heavy atom. The molecular weight excluding hydrogens is 441 g/mol. The van der Waals surface area contributed by atoms with Crippen molar-refractivity contribution < 1.29 is 27.4 Å². The zero-order valence-electron chi connectivity index (χ0n) is 20.1. The normalized spacial score (nSPS) is 12.0. The highest BCUT2D eigenvalue weighted by Gasteiger charge is 2.31. The van der Waals surface area contributed by atoms with Gasteiger partial charge in [0.25, 0.3) is 0 Å². The summed E-state index contributed by atoms with van der Waals surface area (Å²) in [7, 11) is 0. The number of unbranched alkanes of at least 4 members (excludes halogenated alkanes) is 7. The molecule has 0 amide bonds. The summed E-state index contributed by atoms with van der Waals surface area (Å²) in [5.41, 5.74) is 0.0775.